The van der Waals surface area contributed by atoms with E-state index in [0.717, 1.165) is 54.5 Å². The number of amides is 1. The maximum Gasteiger partial charge on any atom is 0.261 e. The normalized spacial score (nSPS) is 19.1. The van der Waals surface area contributed by atoms with E-state index in [1.54, 1.807) is 17.0 Å². The van der Waals surface area contributed by atoms with Gasteiger partial charge in [-0.2, -0.15) is 4.39 Å². The summed E-state index contributed by atoms with van der Waals surface area (Å²) in [7, 11) is 0. The van der Waals surface area contributed by atoms with Gasteiger partial charge >= 0.3 is 0 Å². The number of ether oxygens (including phenoxy) is 2. The van der Waals surface area contributed by atoms with Crippen molar-refractivity contribution in [3.05, 3.63) is 82.4 Å². The van der Waals surface area contributed by atoms with Crippen LogP contribution in [0.2, 0.25) is 5.15 Å². The predicted molar refractivity (Wildman–Crippen MR) is 146 cm³/mol. The maximum atomic E-state index is 15.6. The molecule has 6 heterocycles. The number of aromatic nitrogens is 4. The highest BCUT2D eigenvalue weighted by Gasteiger charge is 2.38. The summed E-state index contributed by atoms with van der Waals surface area (Å²) < 4.78 is 28.8. The molecular weight excluding hydrogens is 535 g/mol. The van der Waals surface area contributed by atoms with Gasteiger partial charge in [-0.1, -0.05) is 23.7 Å². The number of carbonyl (C=O) groups excluding carboxylic acids is 1. The molecule has 0 aromatic carbocycles. The molecule has 4 aromatic heterocycles. The molecule has 11 heteroatoms. The molecule has 0 radical (unpaired) electrons. The first-order chi connectivity index (χ1) is 19.6. The Hall–Kier alpha value is -3.76. The lowest BCUT2D eigenvalue weighted by Crippen LogP contribution is -2.43. The smallest absolute Gasteiger partial charge is 0.261 e. The van der Waals surface area contributed by atoms with Crippen molar-refractivity contribution in [2.45, 2.75) is 31.2 Å². The van der Waals surface area contributed by atoms with Gasteiger partial charge < -0.3 is 23.7 Å². The van der Waals surface area contributed by atoms with E-state index in [1.165, 1.54) is 0 Å². The molecule has 1 amide bonds. The van der Waals surface area contributed by atoms with Crippen molar-refractivity contribution >= 4 is 29.0 Å². The van der Waals surface area contributed by atoms with Crippen LogP contribution >= 0.6 is 11.6 Å². The highest BCUT2D eigenvalue weighted by Crippen LogP contribution is 2.41. The summed E-state index contributed by atoms with van der Waals surface area (Å²) in [6.07, 6.45) is 4.49. The highest BCUT2D eigenvalue weighted by atomic mass is 35.5. The summed E-state index contributed by atoms with van der Waals surface area (Å²) >= 11 is 6.44. The van der Waals surface area contributed by atoms with Crippen LogP contribution in [0.4, 0.5) is 10.2 Å². The van der Waals surface area contributed by atoms with Crippen LogP contribution in [0.15, 0.2) is 48.7 Å². The fraction of sp³-hybridized carbons (Fsp3) is 0.379. The molecule has 3 aliphatic rings. The molecule has 1 atom stereocenters. The van der Waals surface area contributed by atoms with Gasteiger partial charge in [-0.3, -0.25) is 4.79 Å². The third kappa shape index (κ3) is 4.65. The molecule has 9 nitrogen and oxygen atoms in total. The monoisotopic (exact) mass is 562 g/mol. The van der Waals surface area contributed by atoms with Gasteiger partial charge in [-0.05, 0) is 43.2 Å². The van der Waals surface area contributed by atoms with Crippen LogP contribution in [0.1, 0.15) is 47.4 Å². The second-order valence-corrected chi connectivity index (χ2v) is 10.7. The van der Waals surface area contributed by atoms with Gasteiger partial charge in [0.1, 0.15) is 17.5 Å². The number of anilines is 1. The number of imidazole rings is 1. The van der Waals surface area contributed by atoms with Crippen molar-refractivity contribution in [2.75, 3.05) is 44.4 Å². The second kappa shape index (κ2) is 10.3. The minimum atomic E-state index is -0.699. The number of fused-ring (bicyclic) bond motifs is 3. The van der Waals surface area contributed by atoms with Gasteiger partial charge in [-0.15, -0.1) is 0 Å². The summed E-state index contributed by atoms with van der Waals surface area (Å²) in [6.45, 7) is 2.84. The first kappa shape index (κ1) is 25.2. The Kier molecular flexibility index (Phi) is 6.51. The number of halogens is 2. The summed E-state index contributed by atoms with van der Waals surface area (Å²) in [4.78, 5) is 31.0. The van der Waals surface area contributed by atoms with Crippen molar-refractivity contribution in [1.82, 2.24) is 24.3 Å². The van der Waals surface area contributed by atoms with Crippen LogP contribution in [0.5, 0.6) is 5.75 Å². The SMILES string of the molecule is O=C(COc1ccc(N2CCOCC2)nc1Cl)N1CCc2nc3ccccn3c2C1c1ccc(C2CC2)nc1F. The van der Waals surface area contributed by atoms with E-state index in [-0.39, 0.29) is 17.7 Å². The molecule has 40 heavy (non-hydrogen) atoms. The first-order valence-corrected chi connectivity index (χ1v) is 14.0. The zero-order valence-electron chi connectivity index (χ0n) is 21.8. The lowest BCUT2D eigenvalue weighted by atomic mass is 9.95. The molecule has 0 spiro atoms. The highest BCUT2D eigenvalue weighted by molar-refractivity contribution is 6.31. The zero-order chi connectivity index (χ0) is 27.2. The number of nitrogens with zero attached hydrogens (tertiary/aromatic N) is 6. The molecule has 1 saturated carbocycles. The third-order valence-electron chi connectivity index (χ3n) is 7.80. The molecule has 1 aliphatic carbocycles. The lowest BCUT2D eigenvalue weighted by Gasteiger charge is -2.36. The Morgan fingerprint density at radius 2 is 1.90 bits per heavy atom. The third-order valence-corrected chi connectivity index (χ3v) is 8.07. The topological polar surface area (TPSA) is 85.1 Å². The Balaban J connectivity index is 1.17. The van der Waals surface area contributed by atoms with Crippen LogP contribution in [0.25, 0.3) is 5.65 Å². The van der Waals surface area contributed by atoms with Gasteiger partial charge in [0.05, 0.1) is 24.6 Å². The first-order valence-electron chi connectivity index (χ1n) is 13.6. The standard InChI is InChI=1S/C29H28ClFN6O3/c30-28-22(8-9-23(34-28)35-13-15-39-16-14-35)40-17-25(38)37-12-10-21-27(36-11-2-1-3-24(36)32-21)26(37)19-6-7-20(18-4-5-18)33-29(19)31/h1-3,6-9,11,18,26H,4-5,10,12-17H2. The van der Waals surface area contributed by atoms with Crippen LogP contribution in [0, 0.1) is 5.95 Å². The van der Waals surface area contributed by atoms with Crippen molar-refractivity contribution < 1.29 is 18.7 Å². The second-order valence-electron chi connectivity index (χ2n) is 10.3. The van der Waals surface area contributed by atoms with Gasteiger partial charge in [0.2, 0.25) is 5.95 Å². The minimum absolute atomic E-state index is 0.182. The number of hydrogen-bond acceptors (Lipinski definition) is 7. The Morgan fingerprint density at radius 3 is 2.67 bits per heavy atom. The maximum absolute atomic E-state index is 15.6. The largest absolute Gasteiger partial charge is 0.481 e. The molecule has 1 unspecified atom stereocenters. The number of rotatable bonds is 6. The molecule has 7 rings (SSSR count). The molecular formula is C29H28ClFN6O3. The van der Waals surface area contributed by atoms with Crippen molar-refractivity contribution in [3.63, 3.8) is 0 Å². The average molecular weight is 563 g/mol. The molecule has 2 aliphatic heterocycles. The van der Waals surface area contributed by atoms with Gasteiger partial charge in [-0.25, -0.2) is 15.0 Å². The van der Waals surface area contributed by atoms with Gasteiger partial charge in [0, 0.05) is 49.4 Å². The summed E-state index contributed by atoms with van der Waals surface area (Å²) in [5, 5.41) is 0.182. The van der Waals surface area contributed by atoms with Crippen LogP contribution < -0.4 is 9.64 Å². The van der Waals surface area contributed by atoms with Crippen LogP contribution in [0.3, 0.4) is 0 Å². The Labute approximate surface area is 235 Å². The van der Waals surface area contributed by atoms with Crippen molar-refractivity contribution in [3.8, 4) is 5.75 Å². The fourth-order valence-electron chi connectivity index (χ4n) is 5.60. The molecule has 4 aromatic rings. The summed E-state index contributed by atoms with van der Waals surface area (Å²) in [5.74, 6) is 0.525. The minimum Gasteiger partial charge on any atom is -0.481 e. The number of hydrogen-bond donors (Lipinski definition) is 0. The number of carbonyl (C=O) groups is 1. The Morgan fingerprint density at radius 1 is 1.05 bits per heavy atom. The van der Waals surface area contributed by atoms with Crippen molar-refractivity contribution in [1.29, 1.82) is 0 Å². The van der Waals surface area contributed by atoms with E-state index in [2.05, 4.69) is 14.9 Å². The predicted octanol–water partition coefficient (Wildman–Crippen LogP) is 4.18. The fourth-order valence-corrected chi connectivity index (χ4v) is 5.81. The van der Waals surface area contributed by atoms with Crippen LogP contribution in [-0.2, 0) is 16.0 Å². The van der Waals surface area contributed by atoms with E-state index in [9.17, 15) is 4.79 Å². The molecule has 206 valence electrons. The van der Waals surface area contributed by atoms with Gasteiger partial charge in [0.25, 0.3) is 5.91 Å². The molecule has 2 fully saturated rings. The van der Waals surface area contributed by atoms with E-state index in [0.29, 0.717) is 43.4 Å². The van der Waals surface area contributed by atoms with Crippen LogP contribution in [-0.4, -0.2) is 69.6 Å². The lowest BCUT2D eigenvalue weighted by molar-refractivity contribution is -0.135. The number of pyridine rings is 3. The molecule has 0 N–H and O–H groups in total. The molecule has 1 saturated heterocycles. The summed E-state index contributed by atoms with van der Waals surface area (Å²) in [5.41, 5.74) is 3.48. The van der Waals surface area contributed by atoms with E-state index >= 15 is 4.39 Å². The molecule has 0 bridgehead atoms. The van der Waals surface area contributed by atoms with Gasteiger partial charge in [0.15, 0.2) is 17.5 Å². The average Bonchev–Trinajstić information content (AvgIpc) is 3.76. The van der Waals surface area contributed by atoms with Crippen molar-refractivity contribution in [2.24, 2.45) is 0 Å². The van der Waals surface area contributed by atoms with E-state index < -0.39 is 12.0 Å². The quantitative estimate of drug-likeness (QED) is 0.326. The van der Waals surface area contributed by atoms with E-state index in [4.69, 9.17) is 26.1 Å². The summed E-state index contributed by atoms with van der Waals surface area (Å²) in [6, 6.07) is 12.2. The van der Waals surface area contributed by atoms with E-state index in [1.807, 2.05) is 40.9 Å². The zero-order valence-corrected chi connectivity index (χ0v) is 22.6. The Bertz CT molecular complexity index is 1590. The number of morpholine rings is 1.